The molecule has 0 aromatic rings. The normalized spacial score (nSPS) is 13.8. The van der Waals surface area contributed by atoms with Crippen molar-refractivity contribution >= 4 is 17.9 Å². The molecule has 12 heavy (non-hydrogen) atoms. The minimum atomic E-state index is -0.607. The Morgan fingerprint density at radius 1 is 1.42 bits per heavy atom. The first-order valence-corrected chi connectivity index (χ1v) is 5.06. The van der Waals surface area contributed by atoms with Gasteiger partial charge in [0.1, 0.15) is 11.0 Å². The van der Waals surface area contributed by atoms with E-state index in [-0.39, 0.29) is 5.44 Å². The van der Waals surface area contributed by atoms with Crippen molar-refractivity contribution in [3.63, 3.8) is 0 Å². The Morgan fingerprint density at radius 3 is 2.25 bits per heavy atom. The second kappa shape index (κ2) is 4.60. The summed E-state index contributed by atoms with van der Waals surface area (Å²) in [6.45, 7) is 7.21. The standard InChI is InChI=1S/C8H16O3S/c1-6(12-5)10-7(9)11-8(2,3)4/h6H,1-5H3. The van der Waals surface area contributed by atoms with Crippen molar-refractivity contribution in [2.45, 2.75) is 38.7 Å². The summed E-state index contributed by atoms with van der Waals surface area (Å²) < 4.78 is 9.81. The molecule has 1 atom stereocenters. The van der Waals surface area contributed by atoms with Crippen LogP contribution in [0.15, 0.2) is 0 Å². The van der Waals surface area contributed by atoms with Gasteiger partial charge < -0.3 is 9.47 Å². The molecule has 0 rings (SSSR count). The van der Waals surface area contributed by atoms with Crippen LogP contribution in [0.25, 0.3) is 0 Å². The predicted molar refractivity (Wildman–Crippen MR) is 50.3 cm³/mol. The van der Waals surface area contributed by atoms with Crippen molar-refractivity contribution in [2.24, 2.45) is 0 Å². The molecule has 0 radical (unpaired) electrons. The van der Waals surface area contributed by atoms with Gasteiger partial charge in [0.15, 0.2) is 0 Å². The van der Waals surface area contributed by atoms with E-state index < -0.39 is 11.8 Å². The van der Waals surface area contributed by atoms with Crippen molar-refractivity contribution < 1.29 is 14.3 Å². The summed E-state index contributed by atoms with van der Waals surface area (Å²) in [7, 11) is 0. The molecular weight excluding hydrogens is 176 g/mol. The van der Waals surface area contributed by atoms with Gasteiger partial charge in [-0.25, -0.2) is 4.79 Å². The summed E-state index contributed by atoms with van der Waals surface area (Å²) >= 11 is 1.46. The van der Waals surface area contributed by atoms with Gasteiger partial charge in [0, 0.05) is 0 Å². The molecule has 0 N–H and O–H groups in total. The third kappa shape index (κ3) is 6.34. The molecule has 3 nitrogen and oxygen atoms in total. The molecule has 0 aromatic carbocycles. The van der Waals surface area contributed by atoms with Crippen molar-refractivity contribution in [1.29, 1.82) is 0 Å². The van der Waals surface area contributed by atoms with E-state index in [1.165, 1.54) is 11.8 Å². The van der Waals surface area contributed by atoms with E-state index in [0.29, 0.717) is 0 Å². The molecular formula is C8H16O3S. The van der Waals surface area contributed by atoms with Gasteiger partial charge in [0.25, 0.3) is 0 Å². The lowest BCUT2D eigenvalue weighted by Gasteiger charge is -2.20. The van der Waals surface area contributed by atoms with Gasteiger partial charge in [-0.1, -0.05) is 0 Å². The van der Waals surface area contributed by atoms with Gasteiger partial charge in [-0.3, -0.25) is 0 Å². The fourth-order valence-electron chi connectivity index (χ4n) is 0.458. The minimum Gasteiger partial charge on any atom is -0.429 e. The molecule has 0 aliphatic carbocycles. The highest BCUT2D eigenvalue weighted by Gasteiger charge is 2.18. The van der Waals surface area contributed by atoms with Crippen molar-refractivity contribution in [3.05, 3.63) is 0 Å². The molecule has 0 aliphatic rings. The Hall–Kier alpha value is -0.380. The second-order valence-electron chi connectivity index (χ2n) is 3.39. The third-order valence-corrected chi connectivity index (χ3v) is 1.74. The molecule has 0 fully saturated rings. The summed E-state index contributed by atoms with van der Waals surface area (Å²) in [5.41, 5.74) is -0.630. The quantitative estimate of drug-likeness (QED) is 0.497. The molecule has 0 amide bonds. The fourth-order valence-corrected chi connectivity index (χ4v) is 0.632. The highest BCUT2D eigenvalue weighted by atomic mass is 32.2. The third-order valence-electron chi connectivity index (χ3n) is 0.984. The zero-order chi connectivity index (χ0) is 9.78. The Kier molecular flexibility index (Phi) is 4.45. The lowest BCUT2D eigenvalue weighted by atomic mass is 10.2. The number of hydrogen-bond acceptors (Lipinski definition) is 4. The number of rotatable bonds is 2. The number of carbonyl (C=O) groups excluding carboxylic acids is 1. The molecule has 0 bridgehead atoms. The first-order valence-electron chi connectivity index (χ1n) is 3.77. The Balaban J connectivity index is 3.75. The number of ether oxygens (including phenoxy) is 2. The second-order valence-corrected chi connectivity index (χ2v) is 4.52. The molecule has 0 aromatic heterocycles. The molecule has 4 heteroatoms. The Bertz CT molecular complexity index is 151. The van der Waals surface area contributed by atoms with Crippen LogP contribution in [-0.2, 0) is 9.47 Å². The first-order chi connectivity index (χ1) is 5.35. The van der Waals surface area contributed by atoms with Gasteiger partial charge in [0.05, 0.1) is 0 Å². The predicted octanol–water partition coefficient (Wildman–Crippen LogP) is 2.65. The van der Waals surface area contributed by atoms with Crippen LogP contribution in [0, 0.1) is 0 Å². The fraction of sp³-hybridized carbons (Fsp3) is 0.875. The van der Waals surface area contributed by atoms with Crippen LogP contribution in [-0.4, -0.2) is 23.4 Å². The van der Waals surface area contributed by atoms with Crippen molar-refractivity contribution in [2.75, 3.05) is 6.26 Å². The summed E-state index contributed by atoms with van der Waals surface area (Å²) in [5, 5.41) is 0. The van der Waals surface area contributed by atoms with Crippen LogP contribution in [0.3, 0.4) is 0 Å². The molecule has 0 saturated carbocycles. The Morgan fingerprint density at radius 2 is 1.92 bits per heavy atom. The van der Waals surface area contributed by atoms with E-state index >= 15 is 0 Å². The highest BCUT2D eigenvalue weighted by Crippen LogP contribution is 2.12. The topological polar surface area (TPSA) is 35.5 Å². The number of thioether (sulfide) groups is 1. The molecule has 0 spiro atoms. The highest BCUT2D eigenvalue weighted by molar-refractivity contribution is 7.99. The van der Waals surface area contributed by atoms with Gasteiger partial charge in [-0.15, -0.1) is 11.8 Å². The average Bonchev–Trinajstić information content (AvgIpc) is 1.82. The van der Waals surface area contributed by atoms with Gasteiger partial charge >= 0.3 is 6.16 Å². The van der Waals surface area contributed by atoms with E-state index in [4.69, 9.17) is 9.47 Å². The van der Waals surface area contributed by atoms with Crippen LogP contribution < -0.4 is 0 Å². The van der Waals surface area contributed by atoms with Crippen LogP contribution in [0.4, 0.5) is 4.79 Å². The minimum absolute atomic E-state index is 0.153. The maximum absolute atomic E-state index is 11.0. The number of hydrogen-bond donors (Lipinski definition) is 0. The zero-order valence-electron chi connectivity index (χ0n) is 8.21. The smallest absolute Gasteiger partial charge is 0.429 e. The zero-order valence-corrected chi connectivity index (χ0v) is 9.03. The van der Waals surface area contributed by atoms with E-state index in [2.05, 4.69) is 0 Å². The molecule has 0 heterocycles. The van der Waals surface area contributed by atoms with E-state index in [1.54, 1.807) is 27.7 Å². The molecule has 1 unspecified atom stereocenters. The summed E-state index contributed by atoms with van der Waals surface area (Å²) in [6, 6.07) is 0. The van der Waals surface area contributed by atoms with Crippen LogP contribution in [0.2, 0.25) is 0 Å². The van der Waals surface area contributed by atoms with Gasteiger partial charge in [0.2, 0.25) is 0 Å². The summed E-state index contributed by atoms with van der Waals surface area (Å²) in [6.07, 6.45) is 1.26. The lowest BCUT2D eigenvalue weighted by Crippen LogP contribution is -2.25. The number of carbonyl (C=O) groups is 1. The molecule has 0 saturated heterocycles. The maximum Gasteiger partial charge on any atom is 0.509 e. The van der Waals surface area contributed by atoms with Gasteiger partial charge in [-0.05, 0) is 34.0 Å². The first kappa shape index (κ1) is 11.6. The van der Waals surface area contributed by atoms with Gasteiger partial charge in [-0.2, -0.15) is 0 Å². The van der Waals surface area contributed by atoms with E-state index in [9.17, 15) is 4.79 Å². The van der Waals surface area contributed by atoms with Crippen LogP contribution in [0.5, 0.6) is 0 Å². The Labute approximate surface area is 77.8 Å². The van der Waals surface area contributed by atoms with E-state index in [1.807, 2.05) is 6.26 Å². The molecule has 0 aliphatic heterocycles. The average molecular weight is 192 g/mol. The summed E-state index contributed by atoms with van der Waals surface area (Å²) in [4.78, 5) is 11.0. The monoisotopic (exact) mass is 192 g/mol. The molecule has 72 valence electrons. The SMILES string of the molecule is CSC(C)OC(=O)OC(C)(C)C. The van der Waals surface area contributed by atoms with Crippen molar-refractivity contribution in [3.8, 4) is 0 Å². The summed E-state index contributed by atoms with van der Waals surface area (Å²) in [5.74, 6) is 0. The van der Waals surface area contributed by atoms with E-state index in [0.717, 1.165) is 0 Å². The van der Waals surface area contributed by atoms with Crippen LogP contribution >= 0.6 is 11.8 Å². The van der Waals surface area contributed by atoms with Crippen LogP contribution in [0.1, 0.15) is 27.7 Å². The maximum atomic E-state index is 11.0. The lowest BCUT2D eigenvalue weighted by molar-refractivity contribution is -0.00960. The van der Waals surface area contributed by atoms with Crippen molar-refractivity contribution in [1.82, 2.24) is 0 Å². The largest absolute Gasteiger partial charge is 0.509 e.